The van der Waals surface area contributed by atoms with Gasteiger partial charge in [0.2, 0.25) is 0 Å². The molecule has 178 valence electrons. The Kier molecular flexibility index (Phi) is 19.6. The fourth-order valence-corrected chi connectivity index (χ4v) is 4.03. The van der Waals surface area contributed by atoms with Crippen LogP contribution < -0.4 is 0 Å². The molecule has 0 unspecified atom stereocenters. The van der Waals surface area contributed by atoms with Gasteiger partial charge in [-0.3, -0.25) is 4.79 Å². The van der Waals surface area contributed by atoms with E-state index in [1.165, 1.54) is 76.2 Å². The standard InChI is InChI=1S/C28H54O2/c1-7-8-9-10-11-21-28(29)30-23-22-27(6)20-14-19-26(5)18-13-17-25(4)16-12-15-24(2)3/h22,24-26H,7-21,23H2,1-6H3/b27-22+/t25-,26-/m1/s1. The van der Waals surface area contributed by atoms with Crippen molar-refractivity contribution < 1.29 is 9.53 Å². The molecule has 0 fully saturated rings. The summed E-state index contributed by atoms with van der Waals surface area (Å²) in [4.78, 5) is 11.7. The Balaban J connectivity index is 3.66. The molecule has 0 aliphatic rings. The second-order valence-corrected chi connectivity index (χ2v) is 10.3. The highest BCUT2D eigenvalue weighted by molar-refractivity contribution is 5.69. The molecule has 0 N–H and O–H groups in total. The number of carbonyl (C=O) groups excluding carboxylic acids is 1. The zero-order valence-corrected chi connectivity index (χ0v) is 21.4. The third-order valence-electron chi connectivity index (χ3n) is 6.30. The number of hydrogen-bond acceptors (Lipinski definition) is 2. The van der Waals surface area contributed by atoms with Gasteiger partial charge in [0.25, 0.3) is 0 Å². The molecule has 0 rings (SSSR count). The van der Waals surface area contributed by atoms with Gasteiger partial charge in [0.15, 0.2) is 0 Å². The Bertz CT molecular complexity index is 424. The van der Waals surface area contributed by atoms with Crippen LogP contribution in [0, 0.1) is 17.8 Å². The molecule has 0 bridgehead atoms. The molecule has 0 aliphatic heterocycles. The van der Waals surface area contributed by atoms with Gasteiger partial charge in [-0.25, -0.2) is 0 Å². The van der Waals surface area contributed by atoms with Crippen LogP contribution in [0.5, 0.6) is 0 Å². The maximum atomic E-state index is 11.7. The highest BCUT2D eigenvalue weighted by Gasteiger charge is 2.07. The van der Waals surface area contributed by atoms with Crippen LogP contribution in [-0.4, -0.2) is 12.6 Å². The molecule has 0 radical (unpaired) electrons. The number of esters is 1. The molecule has 0 saturated heterocycles. The molecular formula is C28H54O2. The van der Waals surface area contributed by atoms with Crippen LogP contribution in [0.3, 0.4) is 0 Å². The van der Waals surface area contributed by atoms with Crippen molar-refractivity contribution >= 4 is 5.97 Å². The van der Waals surface area contributed by atoms with E-state index in [2.05, 4.69) is 47.6 Å². The van der Waals surface area contributed by atoms with E-state index in [1.54, 1.807) is 0 Å². The normalized spacial score (nSPS) is 14.2. The molecule has 2 nitrogen and oxygen atoms in total. The zero-order chi connectivity index (χ0) is 22.6. The molecular weight excluding hydrogens is 368 g/mol. The maximum absolute atomic E-state index is 11.7. The van der Waals surface area contributed by atoms with E-state index in [9.17, 15) is 4.79 Å². The van der Waals surface area contributed by atoms with E-state index >= 15 is 0 Å². The lowest BCUT2D eigenvalue weighted by atomic mass is 9.91. The third-order valence-corrected chi connectivity index (χ3v) is 6.30. The second kappa shape index (κ2) is 20.1. The molecule has 2 atom stereocenters. The van der Waals surface area contributed by atoms with Crippen molar-refractivity contribution in [3.8, 4) is 0 Å². The van der Waals surface area contributed by atoms with Crippen LogP contribution in [0.1, 0.15) is 138 Å². The predicted molar refractivity (Wildman–Crippen MR) is 133 cm³/mol. The minimum Gasteiger partial charge on any atom is -0.461 e. The fourth-order valence-electron chi connectivity index (χ4n) is 4.03. The van der Waals surface area contributed by atoms with E-state index in [-0.39, 0.29) is 5.97 Å². The van der Waals surface area contributed by atoms with Gasteiger partial charge in [0.1, 0.15) is 6.61 Å². The second-order valence-electron chi connectivity index (χ2n) is 10.3. The van der Waals surface area contributed by atoms with Gasteiger partial charge in [-0.1, -0.05) is 111 Å². The molecule has 0 aromatic heterocycles. The first-order valence-electron chi connectivity index (χ1n) is 13.2. The number of ether oxygens (including phenoxy) is 1. The van der Waals surface area contributed by atoms with Crippen LogP contribution in [0.15, 0.2) is 11.6 Å². The summed E-state index contributed by atoms with van der Waals surface area (Å²) in [5.41, 5.74) is 1.36. The minimum atomic E-state index is -0.0393. The molecule has 0 aliphatic carbocycles. The van der Waals surface area contributed by atoms with Gasteiger partial charge in [-0.05, 0) is 50.0 Å². The Hall–Kier alpha value is -0.790. The van der Waals surface area contributed by atoms with Crippen molar-refractivity contribution in [2.24, 2.45) is 17.8 Å². The smallest absolute Gasteiger partial charge is 0.306 e. The largest absolute Gasteiger partial charge is 0.461 e. The lowest BCUT2D eigenvalue weighted by Crippen LogP contribution is -2.04. The third kappa shape index (κ3) is 20.5. The highest BCUT2D eigenvalue weighted by Crippen LogP contribution is 2.22. The van der Waals surface area contributed by atoms with Crippen LogP contribution in [0.4, 0.5) is 0 Å². The molecule has 0 aromatic carbocycles. The molecule has 0 heterocycles. The molecule has 0 saturated carbocycles. The minimum absolute atomic E-state index is 0.0393. The van der Waals surface area contributed by atoms with Crippen LogP contribution in [0.2, 0.25) is 0 Å². The molecule has 2 heteroatoms. The van der Waals surface area contributed by atoms with E-state index < -0.39 is 0 Å². The highest BCUT2D eigenvalue weighted by atomic mass is 16.5. The summed E-state index contributed by atoms with van der Waals surface area (Å²) < 4.78 is 5.35. The van der Waals surface area contributed by atoms with Crippen molar-refractivity contribution in [3.05, 3.63) is 11.6 Å². The summed E-state index contributed by atoms with van der Waals surface area (Å²) in [6.07, 6.45) is 20.5. The van der Waals surface area contributed by atoms with E-state index in [0.717, 1.165) is 37.0 Å². The van der Waals surface area contributed by atoms with Crippen molar-refractivity contribution in [1.29, 1.82) is 0 Å². The topological polar surface area (TPSA) is 26.3 Å². The average Bonchev–Trinajstić information content (AvgIpc) is 2.67. The summed E-state index contributed by atoms with van der Waals surface area (Å²) >= 11 is 0. The van der Waals surface area contributed by atoms with Crippen LogP contribution >= 0.6 is 0 Å². The summed E-state index contributed by atoms with van der Waals surface area (Å²) in [5.74, 6) is 2.52. The van der Waals surface area contributed by atoms with Gasteiger partial charge in [-0.15, -0.1) is 0 Å². The lowest BCUT2D eigenvalue weighted by Gasteiger charge is -2.15. The zero-order valence-electron chi connectivity index (χ0n) is 21.4. The summed E-state index contributed by atoms with van der Waals surface area (Å²) in [6, 6.07) is 0. The van der Waals surface area contributed by atoms with E-state index in [4.69, 9.17) is 4.74 Å². The maximum Gasteiger partial charge on any atom is 0.306 e. The van der Waals surface area contributed by atoms with Gasteiger partial charge < -0.3 is 4.74 Å². The number of carbonyl (C=O) groups is 1. The van der Waals surface area contributed by atoms with Gasteiger partial charge in [0, 0.05) is 6.42 Å². The van der Waals surface area contributed by atoms with Crippen molar-refractivity contribution in [2.45, 2.75) is 138 Å². The average molecular weight is 423 g/mol. The lowest BCUT2D eigenvalue weighted by molar-refractivity contribution is -0.142. The Labute approximate surface area is 189 Å². The predicted octanol–water partition coefficient (Wildman–Crippen LogP) is 9.28. The fraction of sp³-hybridized carbons (Fsp3) is 0.893. The summed E-state index contributed by atoms with van der Waals surface area (Å²) in [6.45, 7) is 14.3. The van der Waals surface area contributed by atoms with Crippen molar-refractivity contribution in [2.75, 3.05) is 6.61 Å². The van der Waals surface area contributed by atoms with E-state index in [0.29, 0.717) is 13.0 Å². The first kappa shape index (κ1) is 29.2. The SMILES string of the molecule is CCCCCCCC(=O)OC/C=C(\C)CCC[C@H](C)CCC[C@H](C)CCCC(C)C. The Morgan fingerprint density at radius 1 is 0.733 bits per heavy atom. The molecule has 30 heavy (non-hydrogen) atoms. The molecule has 0 aromatic rings. The quantitative estimate of drug-likeness (QED) is 0.111. The molecule has 0 spiro atoms. The first-order chi connectivity index (χ1) is 14.3. The Morgan fingerprint density at radius 3 is 1.90 bits per heavy atom. The number of allylic oxidation sites excluding steroid dienone is 1. The number of rotatable bonds is 20. The number of unbranched alkanes of at least 4 members (excludes halogenated alkanes) is 4. The van der Waals surface area contributed by atoms with Crippen molar-refractivity contribution in [3.63, 3.8) is 0 Å². The first-order valence-corrected chi connectivity index (χ1v) is 13.2. The van der Waals surface area contributed by atoms with Gasteiger partial charge in [0.05, 0.1) is 0 Å². The summed E-state index contributed by atoms with van der Waals surface area (Å²) in [5, 5.41) is 0. The number of hydrogen-bond donors (Lipinski definition) is 0. The van der Waals surface area contributed by atoms with Crippen LogP contribution in [-0.2, 0) is 9.53 Å². The monoisotopic (exact) mass is 422 g/mol. The molecule has 0 amide bonds. The van der Waals surface area contributed by atoms with Crippen LogP contribution in [0.25, 0.3) is 0 Å². The van der Waals surface area contributed by atoms with Crippen molar-refractivity contribution in [1.82, 2.24) is 0 Å². The van der Waals surface area contributed by atoms with E-state index in [1.807, 2.05) is 0 Å². The summed E-state index contributed by atoms with van der Waals surface area (Å²) in [7, 11) is 0. The van der Waals surface area contributed by atoms with Gasteiger partial charge in [-0.2, -0.15) is 0 Å². The Morgan fingerprint density at radius 2 is 1.30 bits per heavy atom. The van der Waals surface area contributed by atoms with Gasteiger partial charge >= 0.3 is 5.97 Å².